The van der Waals surface area contributed by atoms with Gasteiger partial charge in [0.25, 0.3) is 5.69 Å². The van der Waals surface area contributed by atoms with Gasteiger partial charge in [-0.3, -0.25) is 15.0 Å². The Hall–Kier alpha value is -1.91. The summed E-state index contributed by atoms with van der Waals surface area (Å²) in [5, 5.41) is 13.6. The highest BCUT2D eigenvalue weighted by molar-refractivity contribution is 5.57. The van der Waals surface area contributed by atoms with E-state index in [1.54, 1.807) is 0 Å². The molecule has 7 nitrogen and oxygen atoms in total. The van der Waals surface area contributed by atoms with Crippen molar-refractivity contribution in [2.24, 2.45) is 11.3 Å². The molecule has 2 aliphatic rings. The zero-order chi connectivity index (χ0) is 22.4. The van der Waals surface area contributed by atoms with Gasteiger partial charge in [0.05, 0.1) is 36.9 Å². The summed E-state index contributed by atoms with van der Waals surface area (Å²) in [7, 11) is 0. The van der Waals surface area contributed by atoms with E-state index in [9.17, 15) is 23.3 Å². The van der Waals surface area contributed by atoms with E-state index in [4.69, 9.17) is 9.47 Å². The second-order valence-corrected chi connectivity index (χ2v) is 8.45. The van der Waals surface area contributed by atoms with Crippen molar-refractivity contribution in [2.45, 2.75) is 26.9 Å². The minimum Gasteiger partial charge on any atom is -0.384 e. The van der Waals surface area contributed by atoms with Crippen LogP contribution < -0.4 is 5.32 Å². The van der Waals surface area contributed by atoms with Crippen LogP contribution in [0.5, 0.6) is 0 Å². The van der Waals surface area contributed by atoms with Crippen molar-refractivity contribution in [1.29, 1.82) is 0 Å². The zero-order valence-corrected chi connectivity index (χ0v) is 17.6. The standard InChI is InChI=1S/C16H20F3N3O4.C4H10/c17-16(18,19)13-7-12(22(23)24)1-2-14(13)20-8-15(10-26-11-15)9-21-3-5-25-6-4-21;1-4(2)3/h1-2,7,20H,3-6,8-11H2;4H,1-3H3. The van der Waals surface area contributed by atoms with Crippen LogP contribution in [0.15, 0.2) is 18.2 Å². The van der Waals surface area contributed by atoms with E-state index in [0.717, 1.165) is 31.1 Å². The van der Waals surface area contributed by atoms with Crippen molar-refractivity contribution >= 4 is 11.4 Å². The fourth-order valence-corrected chi connectivity index (χ4v) is 3.19. The third kappa shape index (κ3) is 7.10. The molecule has 2 saturated heterocycles. The van der Waals surface area contributed by atoms with Crippen molar-refractivity contribution < 1.29 is 27.6 Å². The molecule has 1 aromatic rings. The van der Waals surface area contributed by atoms with E-state index < -0.39 is 22.4 Å². The van der Waals surface area contributed by atoms with Crippen LogP contribution in [0.3, 0.4) is 0 Å². The number of nitro groups is 1. The lowest BCUT2D eigenvalue weighted by Gasteiger charge is -2.45. The van der Waals surface area contributed by atoms with Gasteiger partial charge in [-0.25, -0.2) is 0 Å². The summed E-state index contributed by atoms with van der Waals surface area (Å²) in [6.07, 6.45) is -4.68. The second-order valence-electron chi connectivity index (χ2n) is 8.45. The molecule has 2 aliphatic heterocycles. The van der Waals surface area contributed by atoms with E-state index in [2.05, 4.69) is 31.0 Å². The summed E-state index contributed by atoms with van der Waals surface area (Å²) >= 11 is 0. The maximum atomic E-state index is 13.3. The number of hydrogen-bond acceptors (Lipinski definition) is 6. The molecule has 0 bridgehead atoms. The maximum Gasteiger partial charge on any atom is 0.418 e. The number of alkyl halides is 3. The Morgan fingerprint density at radius 3 is 2.27 bits per heavy atom. The van der Waals surface area contributed by atoms with Crippen LogP contribution >= 0.6 is 0 Å². The Morgan fingerprint density at radius 1 is 1.20 bits per heavy atom. The largest absolute Gasteiger partial charge is 0.418 e. The number of anilines is 1. The smallest absolute Gasteiger partial charge is 0.384 e. The molecule has 0 aliphatic carbocycles. The van der Waals surface area contributed by atoms with Crippen LogP contribution in [0.2, 0.25) is 0 Å². The number of benzene rings is 1. The first-order valence-corrected chi connectivity index (χ1v) is 10.00. The minimum atomic E-state index is -4.68. The summed E-state index contributed by atoms with van der Waals surface area (Å²) in [5.41, 5.74) is -2.05. The molecule has 0 saturated carbocycles. The normalized spacial score (nSPS) is 18.9. The molecule has 1 aromatic carbocycles. The van der Waals surface area contributed by atoms with Crippen LogP contribution in [0.4, 0.5) is 24.5 Å². The van der Waals surface area contributed by atoms with E-state index in [1.165, 1.54) is 0 Å². The summed E-state index contributed by atoms with van der Waals surface area (Å²) in [5.74, 6) is 0.833. The highest BCUT2D eigenvalue weighted by Crippen LogP contribution is 2.38. The molecule has 2 heterocycles. The van der Waals surface area contributed by atoms with Gasteiger partial charge < -0.3 is 14.8 Å². The SMILES string of the molecule is CC(C)C.O=[N+]([O-])c1ccc(NCC2(CN3CCOCC3)COC2)c(C(F)(F)F)c1. The molecule has 0 atom stereocenters. The molecule has 3 rings (SSSR count). The molecular weight excluding hydrogens is 403 g/mol. The molecule has 0 aromatic heterocycles. The number of morpholine rings is 1. The lowest BCUT2D eigenvalue weighted by molar-refractivity contribution is -0.385. The van der Waals surface area contributed by atoms with Crippen LogP contribution in [-0.4, -0.2) is 62.4 Å². The first kappa shape index (κ1) is 24.4. The number of halogens is 3. The average Bonchev–Trinajstić information content (AvgIpc) is 2.63. The molecule has 30 heavy (non-hydrogen) atoms. The molecular formula is C20H30F3N3O4. The Morgan fingerprint density at radius 2 is 1.80 bits per heavy atom. The van der Waals surface area contributed by atoms with Crippen LogP contribution in [0.1, 0.15) is 26.3 Å². The molecule has 0 unspecified atom stereocenters. The Labute approximate surface area is 174 Å². The Balaban J connectivity index is 0.000000735. The maximum absolute atomic E-state index is 13.3. The topological polar surface area (TPSA) is 76.9 Å². The van der Waals surface area contributed by atoms with Gasteiger partial charge in [-0.15, -0.1) is 0 Å². The Bertz CT molecular complexity index is 700. The summed E-state index contributed by atoms with van der Waals surface area (Å²) < 4.78 is 50.4. The quantitative estimate of drug-likeness (QED) is 0.539. The fraction of sp³-hybridized carbons (Fsp3) is 0.700. The van der Waals surface area contributed by atoms with Crippen molar-refractivity contribution in [3.05, 3.63) is 33.9 Å². The second kappa shape index (κ2) is 10.4. The number of hydrogen-bond donors (Lipinski definition) is 1. The third-order valence-corrected chi connectivity index (χ3v) is 4.65. The predicted molar refractivity (Wildman–Crippen MR) is 108 cm³/mol. The van der Waals surface area contributed by atoms with Gasteiger partial charge in [0, 0.05) is 49.4 Å². The summed E-state index contributed by atoms with van der Waals surface area (Å²) in [4.78, 5) is 12.2. The van der Waals surface area contributed by atoms with E-state index in [-0.39, 0.29) is 11.1 Å². The lowest BCUT2D eigenvalue weighted by Crippen LogP contribution is -2.56. The van der Waals surface area contributed by atoms with Gasteiger partial charge in [-0.2, -0.15) is 13.2 Å². The lowest BCUT2D eigenvalue weighted by atomic mass is 9.84. The number of nitrogens with zero attached hydrogens (tertiary/aromatic N) is 2. The monoisotopic (exact) mass is 433 g/mol. The molecule has 170 valence electrons. The van der Waals surface area contributed by atoms with Gasteiger partial charge in [-0.1, -0.05) is 20.8 Å². The van der Waals surface area contributed by atoms with Crippen molar-refractivity contribution in [2.75, 3.05) is 57.9 Å². The highest BCUT2D eigenvalue weighted by atomic mass is 19.4. The van der Waals surface area contributed by atoms with Gasteiger partial charge in [0.15, 0.2) is 0 Å². The summed E-state index contributed by atoms with van der Waals surface area (Å²) in [6.45, 7) is 11.3. The van der Waals surface area contributed by atoms with E-state index >= 15 is 0 Å². The predicted octanol–water partition coefficient (Wildman–Crippen LogP) is 4.04. The molecule has 10 heteroatoms. The number of non-ortho nitro benzene ring substituents is 1. The van der Waals surface area contributed by atoms with Gasteiger partial charge in [0.2, 0.25) is 0 Å². The Kier molecular flexibility index (Phi) is 8.45. The molecule has 0 radical (unpaired) electrons. The third-order valence-electron chi connectivity index (χ3n) is 4.65. The van der Waals surface area contributed by atoms with Crippen molar-refractivity contribution in [1.82, 2.24) is 4.90 Å². The number of ether oxygens (including phenoxy) is 2. The highest BCUT2D eigenvalue weighted by Gasteiger charge is 2.41. The zero-order valence-electron chi connectivity index (χ0n) is 17.6. The van der Waals surface area contributed by atoms with E-state index in [1.807, 2.05) is 0 Å². The van der Waals surface area contributed by atoms with Crippen molar-refractivity contribution in [3.8, 4) is 0 Å². The van der Waals surface area contributed by atoms with Crippen LogP contribution in [-0.2, 0) is 15.7 Å². The average molecular weight is 433 g/mol. The number of nitrogens with one attached hydrogen (secondary N) is 1. The number of rotatable bonds is 6. The first-order valence-electron chi connectivity index (χ1n) is 10.00. The van der Waals surface area contributed by atoms with Gasteiger partial charge in [-0.05, 0) is 12.0 Å². The van der Waals surface area contributed by atoms with Crippen LogP contribution in [0.25, 0.3) is 0 Å². The van der Waals surface area contributed by atoms with Gasteiger partial charge >= 0.3 is 6.18 Å². The first-order chi connectivity index (χ1) is 14.0. The molecule has 0 spiro atoms. The molecule has 1 N–H and O–H groups in total. The van der Waals surface area contributed by atoms with E-state index in [0.29, 0.717) is 45.6 Å². The number of nitro benzene ring substituents is 1. The molecule has 2 fully saturated rings. The fourth-order valence-electron chi connectivity index (χ4n) is 3.19. The van der Waals surface area contributed by atoms with Gasteiger partial charge in [0.1, 0.15) is 0 Å². The van der Waals surface area contributed by atoms with Crippen molar-refractivity contribution in [3.63, 3.8) is 0 Å². The minimum absolute atomic E-state index is 0.156. The molecule has 0 amide bonds. The summed E-state index contributed by atoms with van der Waals surface area (Å²) in [6, 6.07) is 2.75. The van der Waals surface area contributed by atoms with Crippen LogP contribution in [0, 0.1) is 21.4 Å².